The van der Waals surface area contributed by atoms with E-state index in [1.54, 1.807) is 0 Å². The van der Waals surface area contributed by atoms with Gasteiger partial charge in [-0.05, 0) is 64.9 Å². The summed E-state index contributed by atoms with van der Waals surface area (Å²) >= 11 is 0. The van der Waals surface area contributed by atoms with E-state index in [2.05, 4.69) is 6.07 Å². The van der Waals surface area contributed by atoms with Gasteiger partial charge in [-0.2, -0.15) is 0 Å². The number of rotatable bonds is 5. The molecule has 0 aromatic heterocycles. The number of aliphatic carboxylic acids is 1. The summed E-state index contributed by atoms with van der Waals surface area (Å²) in [7, 11) is 0. The van der Waals surface area contributed by atoms with Crippen molar-refractivity contribution in [3.8, 4) is 22.6 Å². The monoisotopic (exact) mass is 429 g/mol. The molecule has 4 rings (SSSR count). The van der Waals surface area contributed by atoms with Crippen LogP contribution in [0.1, 0.15) is 32.8 Å². The Balaban J connectivity index is 1.62. The molecule has 0 radical (unpaired) electrons. The van der Waals surface area contributed by atoms with Gasteiger partial charge in [0.15, 0.2) is 0 Å². The van der Waals surface area contributed by atoms with Gasteiger partial charge in [0.2, 0.25) is 5.91 Å². The van der Waals surface area contributed by atoms with Crippen LogP contribution in [0.2, 0.25) is 0 Å². The average molecular weight is 430 g/mol. The largest absolute Gasteiger partial charge is 0.480 e. The molecule has 1 amide bonds. The molecule has 1 heterocycles. The minimum atomic E-state index is -0.989. The molecule has 1 aliphatic rings. The fourth-order valence-electron chi connectivity index (χ4n) is 4.19. The van der Waals surface area contributed by atoms with Crippen molar-refractivity contribution < 1.29 is 19.4 Å². The molecule has 3 aromatic carbocycles. The van der Waals surface area contributed by atoms with Crippen molar-refractivity contribution in [1.82, 2.24) is 0 Å². The van der Waals surface area contributed by atoms with Gasteiger partial charge in [-0.1, -0.05) is 57.2 Å². The predicted molar refractivity (Wildman–Crippen MR) is 125 cm³/mol. The molecule has 0 fully saturated rings. The van der Waals surface area contributed by atoms with Gasteiger partial charge in [-0.15, -0.1) is 0 Å². The summed E-state index contributed by atoms with van der Waals surface area (Å²) in [6.45, 7) is 5.54. The van der Waals surface area contributed by atoms with Crippen molar-refractivity contribution in [3.63, 3.8) is 0 Å². The Hall–Kier alpha value is -3.60. The van der Waals surface area contributed by atoms with Crippen LogP contribution < -0.4 is 9.64 Å². The number of hydrogen-bond donors (Lipinski definition) is 1. The highest BCUT2D eigenvalue weighted by atomic mass is 16.5. The number of ether oxygens (including phenoxy) is 1. The van der Waals surface area contributed by atoms with Gasteiger partial charge < -0.3 is 9.84 Å². The van der Waals surface area contributed by atoms with Crippen LogP contribution in [0.5, 0.6) is 11.5 Å². The van der Waals surface area contributed by atoms with Crippen molar-refractivity contribution in [2.75, 3.05) is 4.90 Å². The molecular weight excluding hydrogens is 402 g/mol. The van der Waals surface area contributed by atoms with E-state index in [0.717, 1.165) is 28.2 Å². The number of carbonyl (C=O) groups excluding carboxylic acids is 1. The van der Waals surface area contributed by atoms with Crippen LogP contribution >= 0.6 is 0 Å². The highest BCUT2D eigenvalue weighted by molar-refractivity contribution is 6.02. The zero-order valence-corrected chi connectivity index (χ0v) is 18.5. The van der Waals surface area contributed by atoms with Crippen LogP contribution in [0.15, 0.2) is 72.8 Å². The first-order valence-corrected chi connectivity index (χ1v) is 10.8. The summed E-state index contributed by atoms with van der Waals surface area (Å²) in [4.78, 5) is 26.3. The van der Waals surface area contributed by atoms with Gasteiger partial charge in [0.25, 0.3) is 0 Å². The summed E-state index contributed by atoms with van der Waals surface area (Å²) in [5.74, 6) is 0.404. The third-order valence-electron chi connectivity index (χ3n) is 5.69. The Morgan fingerprint density at radius 2 is 1.53 bits per heavy atom. The second-order valence-electron chi connectivity index (χ2n) is 9.15. The standard InChI is InChI=1S/C27H27NO4/c1-27(2,3)25(26(30)31)28-23-15-11-19(17-20(23)12-16-24(28)29)18-9-13-22(14-10-18)32-21-7-5-4-6-8-21/h4-11,13-15,17,25H,12,16H2,1-3H3,(H,30,31). The quantitative estimate of drug-likeness (QED) is 0.546. The topological polar surface area (TPSA) is 66.8 Å². The molecule has 5 nitrogen and oxygen atoms in total. The number of benzene rings is 3. The third kappa shape index (κ3) is 4.37. The van der Waals surface area contributed by atoms with Crippen molar-refractivity contribution in [2.45, 2.75) is 39.7 Å². The van der Waals surface area contributed by atoms with Crippen LogP contribution in [-0.2, 0) is 16.0 Å². The Labute approximate surface area is 188 Å². The Bertz CT molecular complexity index is 1130. The number of nitrogens with zero attached hydrogens (tertiary/aromatic N) is 1. The predicted octanol–water partition coefficient (Wildman–Crippen LogP) is 5.92. The molecule has 0 bridgehead atoms. The second kappa shape index (κ2) is 8.50. The van der Waals surface area contributed by atoms with Gasteiger partial charge >= 0.3 is 5.97 Å². The van der Waals surface area contributed by atoms with E-state index >= 15 is 0 Å². The van der Waals surface area contributed by atoms with Crippen LogP contribution in [0.25, 0.3) is 11.1 Å². The molecule has 3 aromatic rings. The average Bonchev–Trinajstić information content (AvgIpc) is 2.75. The minimum absolute atomic E-state index is 0.144. The fourth-order valence-corrected chi connectivity index (χ4v) is 4.19. The second-order valence-corrected chi connectivity index (χ2v) is 9.15. The van der Waals surface area contributed by atoms with Crippen LogP contribution in [-0.4, -0.2) is 23.0 Å². The van der Waals surface area contributed by atoms with Gasteiger partial charge in [0, 0.05) is 12.1 Å². The van der Waals surface area contributed by atoms with E-state index in [4.69, 9.17) is 4.74 Å². The van der Waals surface area contributed by atoms with Gasteiger partial charge in [-0.25, -0.2) is 4.79 Å². The highest BCUT2D eigenvalue weighted by Crippen LogP contribution is 2.37. The normalized spacial score (nSPS) is 14.6. The summed E-state index contributed by atoms with van der Waals surface area (Å²) in [5.41, 5.74) is 3.14. The van der Waals surface area contributed by atoms with Crippen molar-refractivity contribution in [2.24, 2.45) is 5.41 Å². The van der Waals surface area contributed by atoms with Crippen LogP contribution in [0.4, 0.5) is 5.69 Å². The third-order valence-corrected chi connectivity index (χ3v) is 5.69. The number of carboxylic acid groups (broad SMARTS) is 1. The molecule has 164 valence electrons. The summed E-state index contributed by atoms with van der Waals surface area (Å²) < 4.78 is 5.87. The lowest BCUT2D eigenvalue weighted by atomic mass is 9.83. The Kier molecular flexibility index (Phi) is 5.74. The first kappa shape index (κ1) is 21.6. The number of amides is 1. The van der Waals surface area contributed by atoms with E-state index in [0.29, 0.717) is 18.5 Å². The number of hydrogen-bond acceptors (Lipinski definition) is 3. The molecule has 32 heavy (non-hydrogen) atoms. The zero-order valence-electron chi connectivity index (χ0n) is 18.5. The molecule has 1 aliphatic heterocycles. The van der Waals surface area contributed by atoms with E-state index in [-0.39, 0.29) is 5.91 Å². The molecule has 0 saturated carbocycles. The van der Waals surface area contributed by atoms with Crippen LogP contribution in [0, 0.1) is 5.41 Å². The lowest BCUT2D eigenvalue weighted by molar-refractivity contribution is -0.143. The van der Waals surface area contributed by atoms with Crippen LogP contribution in [0.3, 0.4) is 0 Å². The number of fused-ring (bicyclic) bond motifs is 1. The molecule has 0 aliphatic carbocycles. The SMILES string of the molecule is CC(C)(C)C(C(=O)O)N1C(=O)CCc2cc(-c3ccc(Oc4ccccc4)cc3)ccc21. The number of anilines is 1. The molecule has 1 N–H and O–H groups in total. The molecular formula is C27H27NO4. The van der Waals surface area contributed by atoms with Crippen molar-refractivity contribution >= 4 is 17.6 Å². The number of carbonyl (C=O) groups is 2. The molecule has 1 unspecified atom stereocenters. The maximum Gasteiger partial charge on any atom is 0.327 e. The Morgan fingerprint density at radius 3 is 2.16 bits per heavy atom. The number of aryl methyl sites for hydroxylation is 1. The summed E-state index contributed by atoms with van der Waals surface area (Å²) in [6, 6.07) is 22.4. The van der Waals surface area contributed by atoms with Crippen molar-refractivity contribution in [3.05, 3.63) is 78.4 Å². The summed E-state index contributed by atoms with van der Waals surface area (Å²) in [6.07, 6.45) is 0.907. The first-order chi connectivity index (χ1) is 15.2. The van der Waals surface area contributed by atoms with E-state index in [9.17, 15) is 14.7 Å². The van der Waals surface area contributed by atoms with Gasteiger partial charge in [-0.3, -0.25) is 9.69 Å². The van der Waals surface area contributed by atoms with Crippen molar-refractivity contribution in [1.29, 1.82) is 0 Å². The fraction of sp³-hybridized carbons (Fsp3) is 0.259. The van der Waals surface area contributed by atoms with E-state index in [1.165, 1.54) is 4.90 Å². The van der Waals surface area contributed by atoms with E-state index in [1.807, 2.05) is 87.5 Å². The molecule has 0 saturated heterocycles. The number of carboxylic acids is 1. The smallest absolute Gasteiger partial charge is 0.327 e. The molecule has 1 atom stereocenters. The van der Waals surface area contributed by atoms with Gasteiger partial charge in [0.1, 0.15) is 17.5 Å². The minimum Gasteiger partial charge on any atom is -0.480 e. The Morgan fingerprint density at radius 1 is 0.906 bits per heavy atom. The maximum absolute atomic E-state index is 12.7. The van der Waals surface area contributed by atoms with Gasteiger partial charge in [0.05, 0.1) is 0 Å². The zero-order chi connectivity index (χ0) is 22.9. The number of para-hydroxylation sites is 1. The lowest BCUT2D eigenvalue weighted by Crippen LogP contribution is -2.53. The summed E-state index contributed by atoms with van der Waals surface area (Å²) in [5, 5.41) is 9.86. The maximum atomic E-state index is 12.7. The lowest BCUT2D eigenvalue weighted by Gasteiger charge is -2.40. The van der Waals surface area contributed by atoms with E-state index < -0.39 is 17.4 Å². The highest BCUT2D eigenvalue weighted by Gasteiger charge is 2.42. The first-order valence-electron chi connectivity index (χ1n) is 10.8. The molecule has 0 spiro atoms. The molecule has 5 heteroatoms.